The van der Waals surface area contributed by atoms with E-state index in [0.29, 0.717) is 18.8 Å². The Morgan fingerprint density at radius 3 is 2.56 bits per heavy atom. The predicted octanol–water partition coefficient (Wildman–Crippen LogP) is 3.07. The second-order valence-electron chi connectivity index (χ2n) is 4.11. The normalized spacial score (nSPS) is 14.3. The molecular formula is C14H21FO3. The summed E-state index contributed by atoms with van der Waals surface area (Å²) in [5.74, 6) is -0.0328. The Kier molecular flexibility index (Phi) is 6.09. The molecule has 0 aliphatic rings. The maximum Gasteiger partial charge on any atom is 0.132 e. The van der Waals surface area contributed by atoms with Crippen molar-refractivity contribution in [3.63, 3.8) is 0 Å². The van der Waals surface area contributed by atoms with Crippen LogP contribution in [0.1, 0.15) is 38.4 Å². The van der Waals surface area contributed by atoms with Crippen LogP contribution >= 0.6 is 0 Å². The van der Waals surface area contributed by atoms with Gasteiger partial charge in [0.2, 0.25) is 0 Å². The van der Waals surface area contributed by atoms with Gasteiger partial charge in [-0.15, -0.1) is 0 Å². The molecule has 0 saturated heterocycles. The lowest BCUT2D eigenvalue weighted by Gasteiger charge is -2.23. The maximum atomic E-state index is 13.8. The van der Waals surface area contributed by atoms with E-state index in [0.717, 1.165) is 6.42 Å². The first-order valence-corrected chi connectivity index (χ1v) is 6.27. The molecule has 102 valence electrons. The van der Waals surface area contributed by atoms with E-state index in [4.69, 9.17) is 9.47 Å². The maximum absolute atomic E-state index is 13.8. The zero-order valence-corrected chi connectivity index (χ0v) is 11.1. The molecule has 1 aromatic rings. The van der Waals surface area contributed by atoms with E-state index in [1.807, 2.05) is 13.8 Å². The monoisotopic (exact) mass is 256 g/mol. The Balaban J connectivity index is 2.89. The summed E-state index contributed by atoms with van der Waals surface area (Å²) in [4.78, 5) is 0. The van der Waals surface area contributed by atoms with Crippen LogP contribution in [0.25, 0.3) is 0 Å². The van der Waals surface area contributed by atoms with Crippen molar-refractivity contribution in [2.24, 2.45) is 0 Å². The number of benzene rings is 1. The third kappa shape index (κ3) is 3.68. The zero-order valence-electron chi connectivity index (χ0n) is 11.1. The fraction of sp³-hybridized carbons (Fsp3) is 0.571. The van der Waals surface area contributed by atoms with Crippen LogP contribution in [-0.4, -0.2) is 24.9 Å². The molecule has 0 spiro atoms. The lowest BCUT2D eigenvalue weighted by atomic mass is 10.0. The zero-order chi connectivity index (χ0) is 13.5. The van der Waals surface area contributed by atoms with Crippen LogP contribution in [0, 0.1) is 5.82 Å². The third-order valence-corrected chi connectivity index (χ3v) is 2.83. The molecule has 18 heavy (non-hydrogen) atoms. The number of methoxy groups -OCH3 is 1. The number of rotatable bonds is 7. The molecular weight excluding hydrogens is 235 g/mol. The van der Waals surface area contributed by atoms with Crippen molar-refractivity contribution >= 4 is 0 Å². The minimum absolute atomic E-state index is 0.253. The Hall–Kier alpha value is -1.13. The molecule has 3 nitrogen and oxygen atoms in total. The fourth-order valence-corrected chi connectivity index (χ4v) is 1.91. The van der Waals surface area contributed by atoms with Gasteiger partial charge in [0.25, 0.3) is 0 Å². The highest BCUT2D eigenvalue weighted by atomic mass is 19.1. The highest BCUT2D eigenvalue weighted by Crippen LogP contribution is 2.27. The highest BCUT2D eigenvalue weighted by Gasteiger charge is 2.23. The SMILES string of the molecule is CCCC(OCC)C(O)c1ccc(OC)cc1F. The summed E-state index contributed by atoms with van der Waals surface area (Å²) in [5.41, 5.74) is 0.253. The van der Waals surface area contributed by atoms with Gasteiger partial charge < -0.3 is 14.6 Å². The second kappa shape index (κ2) is 7.34. The lowest BCUT2D eigenvalue weighted by molar-refractivity contribution is -0.0398. The molecule has 1 rings (SSSR count). The average Bonchev–Trinajstić information content (AvgIpc) is 2.37. The minimum Gasteiger partial charge on any atom is -0.497 e. The molecule has 0 fully saturated rings. The van der Waals surface area contributed by atoms with E-state index in [1.165, 1.54) is 13.2 Å². The highest BCUT2D eigenvalue weighted by molar-refractivity contribution is 5.30. The van der Waals surface area contributed by atoms with Gasteiger partial charge in [-0.25, -0.2) is 4.39 Å². The Morgan fingerprint density at radius 1 is 1.33 bits per heavy atom. The standard InChI is InChI=1S/C14H21FO3/c1-4-6-13(18-5-2)14(16)11-8-7-10(17-3)9-12(11)15/h7-9,13-14,16H,4-6H2,1-3H3. The van der Waals surface area contributed by atoms with Crippen molar-refractivity contribution in [2.45, 2.75) is 38.9 Å². The lowest BCUT2D eigenvalue weighted by Crippen LogP contribution is -2.23. The summed E-state index contributed by atoms with van der Waals surface area (Å²) >= 11 is 0. The molecule has 0 aliphatic heterocycles. The molecule has 4 heteroatoms. The van der Waals surface area contributed by atoms with Gasteiger partial charge in [-0.2, -0.15) is 0 Å². The number of hydrogen-bond acceptors (Lipinski definition) is 3. The van der Waals surface area contributed by atoms with Gasteiger partial charge in [-0.05, 0) is 25.5 Å². The molecule has 0 bridgehead atoms. The van der Waals surface area contributed by atoms with Crippen LogP contribution in [0.4, 0.5) is 4.39 Å². The molecule has 0 heterocycles. The van der Waals surface area contributed by atoms with Crippen molar-refractivity contribution in [3.8, 4) is 5.75 Å². The van der Waals surface area contributed by atoms with Gasteiger partial charge in [-0.1, -0.05) is 13.3 Å². The van der Waals surface area contributed by atoms with Crippen LogP contribution in [0.2, 0.25) is 0 Å². The van der Waals surface area contributed by atoms with Crippen LogP contribution in [0.5, 0.6) is 5.75 Å². The summed E-state index contributed by atoms with van der Waals surface area (Å²) in [6.45, 7) is 4.36. The van der Waals surface area contributed by atoms with Gasteiger partial charge in [0.05, 0.1) is 13.2 Å². The molecule has 1 aromatic carbocycles. The number of ether oxygens (including phenoxy) is 2. The van der Waals surface area contributed by atoms with E-state index >= 15 is 0 Å². The van der Waals surface area contributed by atoms with Crippen molar-refractivity contribution in [1.82, 2.24) is 0 Å². The van der Waals surface area contributed by atoms with Crippen LogP contribution in [0.15, 0.2) is 18.2 Å². The summed E-state index contributed by atoms with van der Waals surface area (Å²) in [5, 5.41) is 10.2. The van der Waals surface area contributed by atoms with Gasteiger partial charge in [0, 0.05) is 18.2 Å². The predicted molar refractivity (Wildman–Crippen MR) is 68.2 cm³/mol. The number of hydrogen-bond donors (Lipinski definition) is 1. The first-order valence-electron chi connectivity index (χ1n) is 6.27. The summed E-state index contributed by atoms with van der Waals surface area (Å²) in [6, 6.07) is 4.45. The van der Waals surface area contributed by atoms with E-state index in [1.54, 1.807) is 12.1 Å². The molecule has 0 aromatic heterocycles. The van der Waals surface area contributed by atoms with Crippen molar-refractivity contribution in [3.05, 3.63) is 29.6 Å². The minimum atomic E-state index is -0.948. The molecule has 0 radical (unpaired) electrons. The summed E-state index contributed by atoms with van der Waals surface area (Å²) in [7, 11) is 1.48. The topological polar surface area (TPSA) is 38.7 Å². The molecule has 2 unspecified atom stereocenters. The first kappa shape index (κ1) is 14.9. The van der Waals surface area contributed by atoms with E-state index in [-0.39, 0.29) is 11.7 Å². The Labute approximate surface area is 108 Å². The van der Waals surface area contributed by atoms with Gasteiger partial charge in [-0.3, -0.25) is 0 Å². The van der Waals surface area contributed by atoms with E-state index in [9.17, 15) is 9.50 Å². The Morgan fingerprint density at radius 2 is 2.06 bits per heavy atom. The molecule has 1 N–H and O–H groups in total. The largest absolute Gasteiger partial charge is 0.497 e. The molecule has 2 atom stereocenters. The second-order valence-corrected chi connectivity index (χ2v) is 4.11. The quantitative estimate of drug-likeness (QED) is 0.814. The van der Waals surface area contributed by atoms with Gasteiger partial charge in [0.1, 0.15) is 17.7 Å². The van der Waals surface area contributed by atoms with Crippen molar-refractivity contribution in [1.29, 1.82) is 0 Å². The van der Waals surface area contributed by atoms with Gasteiger partial charge in [0.15, 0.2) is 0 Å². The van der Waals surface area contributed by atoms with E-state index < -0.39 is 11.9 Å². The van der Waals surface area contributed by atoms with Gasteiger partial charge >= 0.3 is 0 Å². The third-order valence-electron chi connectivity index (χ3n) is 2.83. The molecule has 0 saturated carbocycles. The summed E-state index contributed by atoms with van der Waals surface area (Å²) in [6.07, 6.45) is 0.249. The average molecular weight is 256 g/mol. The molecule has 0 aliphatic carbocycles. The first-order chi connectivity index (χ1) is 8.63. The smallest absolute Gasteiger partial charge is 0.132 e. The van der Waals surface area contributed by atoms with E-state index in [2.05, 4.69) is 0 Å². The van der Waals surface area contributed by atoms with Crippen LogP contribution in [0.3, 0.4) is 0 Å². The summed E-state index contributed by atoms with van der Waals surface area (Å²) < 4.78 is 24.2. The number of aliphatic hydroxyl groups excluding tert-OH is 1. The fourth-order valence-electron chi connectivity index (χ4n) is 1.91. The Bertz CT molecular complexity index is 362. The van der Waals surface area contributed by atoms with Crippen molar-refractivity contribution in [2.75, 3.05) is 13.7 Å². The number of aliphatic hydroxyl groups is 1. The molecule has 0 amide bonds. The van der Waals surface area contributed by atoms with Crippen LogP contribution in [-0.2, 0) is 4.74 Å². The van der Waals surface area contributed by atoms with Crippen molar-refractivity contribution < 1.29 is 19.0 Å². The van der Waals surface area contributed by atoms with Crippen LogP contribution < -0.4 is 4.74 Å². The number of halogens is 1.